The van der Waals surface area contributed by atoms with Crippen molar-refractivity contribution >= 4 is 33.0 Å². The van der Waals surface area contributed by atoms with Gasteiger partial charge in [-0.05, 0) is 61.0 Å². The second-order valence-electron chi connectivity index (χ2n) is 7.86. The Morgan fingerprint density at radius 2 is 1.67 bits per heavy atom. The number of methoxy groups -OCH3 is 1. The molecular formula is C23H24N4O5S. The molecule has 0 bridgehead atoms. The number of carbonyl (C=O) groups is 2. The predicted molar refractivity (Wildman–Crippen MR) is 125 cm³/mol. The van der Waals surface area contributed by atoms with Gasteiger partial charge in [0.1, 0.15) is 5.75 Å². The molecule has 2 N–H and O–H groups in total. The van der Waals surface area contributed by atoms with Gasteiger partial charge < -0.3 is 15.4 Å². The molecule has 0 unspecified atom stereocenters. The van der Waals surface area contributed by atoms with Gasteiger partial charge in [-0.25, -0.2) is 8.42 Å². The van der Waals surface area contributed by atoms with Crippen molar-refractivity contribution in [2.75, 3.05) is 29.2 Å². The van der Waals surface area contributed by atoms with E-state index in [0.29, 0.717) is 29.2 Å². The average molecular weight is 469 g/mol. The van der Waals surface area contributed by atoms with Gasteiger partial charge in [0.2, 0.25) is 5.91 Å². The molecule has 1 aromatic heterocycles. The maximum Gasteiger partial charge on any atom is 0.276 e. The summed E-state index contributed by atoms with van der Waals surface area (Å²) in [6.45, 7) is 1.42. The Morgan fingerprint density at radius 3 is 2.21 bits per heavy atom. The number of anilines is 2. The average Bonchev–Trinajstić information content (AvgIpc) is 3.38. The fraction of sp³-hybridized carbons (Fsp3) is 0.261. The van der Waals surface area contributed by atoms with Crippen molar-refractivity contribution in [3.63, 3.8) is 0 Å². The number of nitrogens with zero attached hydrogens (tertiary/aromatic N) is 2. The standard InChI is InChI=1S/C23H24N4O5S/c1-15(28)24-17-5-7-18(8-6-17)25-23(29)21-13-22(16-3-9-20(32-2)10-4-16)27(26-21)19-11-12-33(30,31)14-19/h3-10,13,19H,11-12,14H2,1-2H3,(H,24,28)(H,25,29)/t19-/m0/s1. The summed E-state index contributed by atoms with van der Waals surface area (Å²) < 4.78 is 31.0. The third kappa shape index (κ3) is 5.23. The molecule has 3 aromatic rings. The van der Waals surface area contributed by atoms with Crippen LogP contribution in [0.5, 0.6) is 5.75 Å². The van der Waals surface area contributed by atoms with E-state index >= 15 is 0 Å². The minimum atomic E-state index is -3.14. The fourth-order valence-electron chi connectivity index (χ4n) is 3.76. The number of nitrogens with one attached hydrogen (secondary N) is 2. The van der Waals surface area contributed by atoms with Crippen LogP contribution in [0.15, 0.2) is 54.6 Å². The molecule has 2 heterocycles. The highest BCUT2D eigenvalue weighted by Gasteiger charge is 2.32. The molecule has 2 aromatic carbocycles. The Bertz CT molecular complexity index is 1280. The third-order valence-electron chi connectivity index (χ3n) is 5.37. The number of hydrogen-bond donors (Lipinski definition) is 2. The second-order valence-corrected chi connectivity index (χ2v) is 10.1. The van der Waals surface area contributed by atoms with E-state index in [2.05, 4.69) is 15.7 Å². The highest BCUT2D eigenvalue weighted by molar-refractivity contribution is 7.91. The first-order chi connectivity index (χ1) is 15.7. The molecule has 0 radical (unpaired) electrons. The number of amides is 2. The summed E-state index contributed by atoms with van der Waals surface area (Å²) in [5, 5.41) is 9.94. The lowest BCUT2D eigenvalue weighted by Crippen LogP contribution is -2.16. The third-order valence-corrected chi connectivity index (χ3v) is 7.12. The van der Waals surface area contributed by atoms with Crippen LogP contribution in [0.4, 0.5) is 11.4 Å². The predicted octanol–water partition coefficient (Wildman–Crippen LogP) is 3.13. The molecule has 172 valence electrons. The van der Waals surface area contributed by atoms with E-state index < -0.39 is 15.7 Å². The van der Waals surface area contributed by atoms with Gasteiger partial charge in [0, 0.05) is 23.9 Å². The first-order valence-corrected chi connectivity index (χ1v) is 12.2. The summed E-state index contributed by atoms with van der Waals surface area (Å²) in [6, 6.07) is 15.3. The van der Waals surface area contributed by atoms with Crippen molar-refractivity contribution in [1.29, 1.82) is 0 Å². The Balaban J connectivity index is 1.62. The summed E-state index contributed by atoms with van der Waals surface area (Å²) in [6.07, 6.45) is 0.443. The van der Waals surface area contributed by atoms with E-state index in [0.717, 1.165) is 5.56 Å². The molecule has 1 aliphatic rings. The molecular weight excluding hydrogens is 444 g/mol. The van der Waals surface area contributed by atoms with Gasteiger partial charge in [0.25, 0.3) is 5.91 Å². The van der Waals surface area contributed by atoms with Crippen LogP contribution < -0.4 is 15.4 Å². The van der Waals surface area contributed by atoms with Crippen LogP contribution in [0, 0.1) is 0 Å². The van der Waals surface area contributed by atoms with E-state index in [1.807, 2.05) is 12.1 Å². The van der Waals surface area contributed by atoms with Crippen molar-refractivity contribution in [3.8, 4) is 17.0 Å². The lowest BCUT2D eigenvalue weighted by molar-refractivity contribution is -0.114. The van der Waals surface area contributed by atoms with Crippen LogP contribution >= 0.6 is 0 Å². The second kappa shape index (κ2) is 9.07. The molecule has 0 saturated carbocycles. The summed E-state index contributed by atoms with van der Waals surface area (Å²) >= 11 is 0. The monoisotopic (exact) mass is 468 g/mol. The summed E-state index contributed by atoms with van der Waals surface area (Å²) in [5.41, 5.74) is 2.79. The number of sulfone groups is 1. The first kappa shape index (κ1) is 22.5. The Hall–Kier alpha value is -3.66. The Morgan fingerprint density at radius 1 is 1.03 bits per heavy atom. The molecule has 4 rings (SSSR count). The number of benzene rings is 2. The van der Waals surface area contributed by atoms with Gasteiger partial charge in [-0.1, -0.05) is 0 Å². The van der Waals surface area contributed by atoms with Crippen LogP contribution in [-0.2, 0) is 14.6 Å². The Labute approximate surface area is 191 Å². The van der Waals surface area contributed by atoms with E-state index in [-0.39, 0.29) is 29.1 Å². The van der Waals surface area contributed by atoms with Crippen molar-refractivity contribution < 1.29 is 22.7 Å². The quantitative estimate of drug-likeness (QED) is 0.574. The fourth-order valence-corrected chi connectivity index (χ4v) is 5.46. The van der Waals surface area contributed by atoms with E-state index in [1.165, 1.54) is 6.92 Å². The molecule has 9 nitrogen and oxygen atoms in total. The van der Waals surface area contributed by atoms with Crippen LogP contribution in [0.2, 0.25) is 0 Å². The van der Waals surface area contributed by atoms with Crippen molar-refractivity contribution in [3.05, 3.63) is 60.3 Å². The number of rotatable bonds is 6. The first-order valence-electron chi connectivity index (χ1n) is 10.4. The van der Waals surface area contributed by atoms with Crippen molar-refractivity contribution in [1.82, 2.24) is 9.78 Å². The molecule has 2 amide bonds. The summed E-state index contributed by atoms with van der Waals surface area (Å²) in [5.74, 6) is 0.175. The molecule has 33 heavy (non-hydrogen) atoms. The number of hydrogen-bond acceptors (Lipinski definition) is 6. The number of carbonyl (C=O) groups excluding carboxylic acids is 2. The van der Waals surface area contributed by atoms with Crippen LogP contribution in [0.3, 0.4) is 0 Å². The van der Waals surface area contributed by atoms with Crippen LogP contribution in [0.25, 0.3) is 11.3 Å². The van der Waals surface area contributed by atoms with Crippen LogP contribution in [-0.4, -0.2) is 48.6 Å². The topological polar surface area (TPSA) is 119 Å². The van der Waals surface area contributed by atoms with E-state index in [4.69, 9.17) is 4.74 Å². The van der Waals surface area contributed by atoms with Crippen LogP contribution in [0.1, 0.15) is 29.9 Å². The van der Waals surface area contributed by atoms with Gasteiger partial charge in [-0.2, -0.15) is 5.10 Å². The SMILES string of the molecule is COc1ccc(-c2cc(C(=O)Nc3ccc(NC(C)=O)cc3)nn2[C@H]2CCS(=O)(=O)C2)cc1. The molecule has 1 fully saturated rings. The number of ether oxygens (including phenoxy) is 1. The van der Waals surface area contributed by atoms with Crippen molar-refractivity contribution in [2.24, 2.45) is 0 Å². The lowest BCUT2D eigenvalue weighted by Gasteiger charge is -2.13. The number of aromatic nitrogens is 2. The molecule has 1 saturated heterocycles. The lowest BCUT2D eigenvalue weighted by atomic mass is 10.1. The maximum absolute atomic E-state index is 12.9. The van der Waals surface area contributed by atoms with E-state index in [1.54, 1.807) is 54.3 Å². The molecule has 10 heteroatoms. The normalized spacial score (nSPS) is 16.8. The highest BCUT2D eigenvalue weighted by atomic mass is 32.2. The molecule has 1 atom stereocenters. The van der Waals surface area contributed by atoms with Gasteiger partial charge in [-0.3, -0.25) is 14.3 Å². The van der Waals surface area contributed by atoms with Crippen molar-refractivity contribution in [2.45, 2.75) is 19.4 Å². The zero-order valence-corrected chi connectivity index (χ0v) is 19.1. The van der Waals surface area contributed by atoms with Gasteiger partial charge in [-0.15, -0.1) is 0 Å². The van der Waals surface area contributed by atoms with Gasteiger partial charge in [0.15, 0.2) is 15.5 Å². The summed E-state index contributed by atoms with van der Waals surface area (Å²) in [4.78, 5) is 24.1. The zero-order valence-electron chi connectivity index (χ0n) is 18.2. The smallest absolute Gasteiger partial charge is 0.276 e. The Kier molecular flexibility index (Phi) is 6.19. The highest BCUT2D eigenvalue weighted by Crippen LogP contribution is 2.31. The minimum Gasteiger partial charge on any atom is -0.497 e. The zero-order chi connectivity index (χ0) is 23.6. The summed E-state index contributed by atoms with van der Waals surface area (Å²) in [7, 11) is -1.56. The molecule has 1 aliphatic heterocycles. The molecule has 0 aliphatic carbocycles. The largest absolute Gasteiger partial charge is 0.497 e. The van der Waals surface area contributed by atoms with Gasteiger partial charge >= 0.3 is 0 Å². The molecule has 0 spiro atoms. The minimum absolute atomic E-state index is 0.0104. The maximum atomic E-state index is 12.9. The van der Waals surface area contributed by atoms with Gasteiger partial charge in [0.05, 0.1) is 30.4 Å². The van der Waals surface area contributed by atoms with E-state index in [9.17, 15) is 18.0 Å².